The van der Waals surface area contributed by atoms with Gasteiger partial charge in [-0.3, -0.25) is 14.9 Å². The number of non-ortho nitro benzene ring substituents is 1. The Morgan fingerprint density at radius 3 is 2.72 bits per heavy atom. The van der Waals surface area contributed by atoms with Crippen molar-refractivity contribution in [1.82, 2.24) is 10.2 Å². The predicted octanol–water partition coefficient (Wildman–Crippen LogP) is 1.54. The van der Waals surface area contributed by atoms with E-state index in [1.807, 2.05) is 19.0 Å². The van der Waals surface area contributed by atoms with Gasteiger partial charge in [0.25, 0.3) is 11.6 Å². The molecule has 0 fully saturated rings. The molecular formula is C11H14ClN3O3. The first-order valence-electron chi connectivity index (χ1n) is 5.28. The van der Waals surface area contributed by atoms with Crippen LogP contribution in [0.5, 0.6) is 0 Å². The number of nitro benzene ring substituents is 1. The predicted molar refractivity (Wildman–Crippen MR) is 69.0 cm³/mol. The summed E-state index contributed by atoms with van der Waals surface area (Å²) in [5.74, 6) is -0.412. The lowest BCUT2D eigenvalue weighted by Crippen LogP contribution is -2.31. The van der Waals surface area contributed by atoms with Gasteiger partial charge in [-0.15, -0.1) is 0 Å². The standard InChI is InChI=1S/C11H14ClN3O3/c1-14(2)6-5-13-11(16)9-7-8(15(17)18)3-4-10(9)12/h3-4,7H,5-6H2,1-2H3,(H,13,16). The van der Waals surface area contributed by atoms with Crippen molar-refractivity contribution < 1.29 is 9.72 Å². The van der Waals surface area contributed by atoms with Crippen LogP contribution in [-0.4, -0.2) is 42.9 Å². The third kappa shape index (κ3) is 3.97. The molecule has 98 valence electrons. The Morgan fingerprint density at radius 2 is 2.17 bits per heavy atom. The molecule has 0 saturated heterocycles. The Bertz CT molecular complexity index is 463. The number of likely N-dealkylation sites (N-methyl/N-ethyl adjacent to an activating group) is 1. The summed E-state index contributed by atoms with van der Waals surface area (Å²) >= 11 is 5.84. The van der Waals surface area contributed by atoms with Crippen LogP contribution in [0.4, 0.5) is 5.69 Å². The highest BCUT2D eigenvalue weighted by Crippen LogP contribution is 2.21. The number of benzene rings is 1. The van der Waals surface area contributed by atoms with Crippen molar-refractivity contribution in [3.8, 4) is 0 Å². The van der Waals surface area contributed by atoms with Crippen LogP contribution < -0.4 is 5.32 Å². The van der Waals surface area contributed by atoms with E-state index in [4.69, 9.17) is 11.6 Å². The summed E-state index contributed by atoms with van der Waals surface area (Å²) in [6.45, 7) is 1.13. The Hall–Kier alpha value is -1.66. The molecule has 0 aromatic heterocycles. The van der Waals surface area contributed by atoms with Crippen LogP contribution in [0.2, 0.25) is 5.02 Å². The molecule has 6 nitrogen and oxygen atoms in total. The molecule has 0 aliphatic carbocycles. The van der Waals surface area contributed by atoms with Crippen LogP contribution in [0.25, 0.3) is 0 Å². The number of nitrogens with one attached hydrogen (secondary N) is 1. The van der Waals surface area contributed by atoms with E-state index in [1.54, 1.807) is 0 Å². The van der Waals surface area contributed by atoms with Gasteiger partial charge in [0.1, 0.15) is 0 Å². The lowest BCUT2D eigenvalue weighted by atomic mass is 10.2. The van der Waals surface area contributed by atoms with Crippen molar-refractivity contribution >= 4 is 23.2 Å². The zero-order valence-electron chi connectivity index (χ0n) is 10.1. The number of halogens is 1. The molecule has 0 radical (unpaired) electrons. The Morgan fingerprint density at radius 1 is 1.50 bits per heavy atom. The van der Waals surface area contributed by atoms with E-state index in [1.165, 1.54) is 18.2 Å². The van der Waals surface area contributed by atoms with E-state index < -0.39 is 10.8 Å². The normalized spacial score (nSPS) is 10.4. The third-order valence-corrected chi connectivity index (χ3v) is 2.58. The second-order valence-corrected chi connectivity index (χ2v) is 4.39. The summed E-state index contributed by atoms with van der Waals surface area (Å²) in [6, 6.07) is 3.78. The molecule has 0 heterocycles. The van der Waals surface area contributed by atoms with Gasteiger partial charge in [-0.05, 0) is 20.2 Å². The summed E-state index contributed by atoms with van der Waals surface area (Å²) in [6.07, 6.45) is 0. The first kappa shape index (κ1) is 14.4. The second kappa shape index (κ2) is 6.32. The number of hydrogen-bond acceptors (Lipinski definition) is 4. The average molecular weight is 272 g/mol. The Balaban J connectivity index is 2.78. The monoisotopic (exact) mass is 271 g/mol. The maximum atomic E-state index is 11.8. The Labute approximate surface area is 110 Å². The summed E-state index contributed by atoms with van der Waals surface area (Å²) in [5.41, 5.74) is -0.0400. The quantitative estimate of drug-likeness (QED) is 0.651. The van der Waals surface area contributed by atoms with Crippen LogP contribution in [-0.2, 0) is 0 Å². The van der Waals surface area contributed by atoms with Gasteiger partial charge < -0.3 is 10.2 Å². The van der Waals surface area contributed by atoms with Crippen LogP contribution in [0.1, 0.15) is 10.4 Å². The fourth-order valence-electron chi connectivity index (χ4n) is 1.29. The molecule has 1 aromatic carbocycles. The van der Waals surface area contributed by atoms with E-state index in [0.717, 1.165) is 0 Å². The molecule has 7 heteroatoms. The second-order valence-electron chi connectivity index (χ2n) is 3.98. The van der Waals surface area contributed by atoms with Crippen LogP contribution in [0.15, 0.2) is 18.2 Å². The lowest BCUT2D eigenvalue weighted by molar-refractivity contribution is -0.384. The topological polar surface area (TPSA) is 75.5 Å². The first-order valence-corrected chi connectivity index (χ1v) is 5.66. The third-order valence-electron chi connectivity index (χ3n) is 2.25. The fourth-order valence-corrected chi connectivity index (χ4v) is 1.49. The minimum absolute atomic E-state index is 0.115. The highest BCUT2D eigenvalue weighted by atomic mass is 35.5. The molecule has 0 bridgehead atoms. The summed E-state index contributed by atoms with van der Waals surface area (Å²) in [7, 11) is 3.76. The van der Waals surface area contributed by atoms with Gasteiger partial charge >= 0.3 is 0 Å². The average Bonchev–Trinajstić information content (AvgIpc) is 2.28. The first-order chi connectivity index (χ1) is 8.41. The van der Waals surface area contributed by atoms with Crippen molar-refractivity contribution in [1.29, 1.82) is 0 Å². The minimum atomic E-state index is -0.563. The fraction of sp³-hybridized carbons (Fsp3) is 0.364. The van der Waals surface area contributed by atoms with Crippen LogP contribution in [0, 0.1) is 10.1 Å². The van der Waals surface area contributed by atoms with E-state index in [0.29, 0.717) is 13.1 Å². The van der Waals surface area contributed by atoms with Gasteiger partial charge in [0.15, 0.2) is 0 Å². The van der Waals surface area contributed by atoms with Gasteiger partial charge in [-0.2, -0.15) is 0 Å². The number of carbonyl (C=O) groups excluding carboxylic acids is 1. The van der Waals surface area contributed by atoms with Crippen LogP contribution in [0.3, 0.4) is 0 Å². The van der Waals surface area contributed by atoms with Crippen molar-refractivity contribution in [2.24, 2.45) is 0 Å². The maximum absolute atomic E-state index is 11.8. The van der Waals surface area contributed by atoms with E-state index in [2.05, 4.69) is 5.32 Å². The number of nitro groups is 1. The van der Waals surface area contributed by atoms with Crippen molar-refractivity contribution in [3.63, 3.8) is 0 Å². The molecule has 0 aliphatic rings. The molecule has 1 rings (SSSR count). The largest absolute Gasteiger partial charge is 0.351 e. The molecule has 0 atom stereocenters. The SMILES string of the molecule is CN(C)CCNC(=O)c1cc([N+](=O)[O-])ccc1Cl. The highest BCUT2D eigenvalue weighted by molar-refractivity contribution is 6.33. The zero-order valence-corrected chi connectivity index (χ0v) is 10.9. The number of amides is 1. The van der Waals surface area contributed by atoms with Gasteiger partial charge in [-0.25, -0.2) is 0 Å². The van der Waals surface area contributed by atoms with E-state index in [9.17, 15) is 14.9 Å². The van der Waals surface area contributed by atoms with Gasteiger partial charge in [0.2, 0.25) is 0 Å². The van der Waals surface area contributed by atoms with E-state index in [-0.39, 0.29) is 16.3 Å². The number of rotatable bonds is 5. The lowest BCUT2D eigenvalue weighted by Gasteiger charge is -2.10. The molecule has 0 spiro atoms. The Kier molecular flexibility index (Phi) is 5.06. The van der Waals surface area contributed by atoms with Crippen molar-refractivity contribution in [2.45, 2.75) is 0 Å². The molecule has 0 aliphatic heterocycles. The van der Waals surface area contributed by atoms with Gasteiger partial charge in [-0.1, -0.05) is 11.6 Å². The van der Waals surface area contributed by atoms with Gasteiger partial charge in [0, 0.05) is 25.2 Å². The van der Waals surface area contributed by atoms with Gasteiger partial charge in [0.05, 0.1) is 15.5 Å². The molecule has 0 unspecified atom stereocenters. The molecule has 1 N–H and O–H groups in total. The van der Waals surface area contributed by atoms with Crippen molar-refractivity contribution in [2.75, 3.05) is 27.2 Å². The highest BCUT2D eigenvalue weighted by Gasteiger charge is 2.15. The smallest absolute Gasteiger partial charge is 0.270 e. The summed E-state index contributed by atoms with van der Waals surface area (Å²) in [5, 5.41) is 13.5. The molecule has 0 saturated carbocycles. The maximum Gasteiger partial charge on any atom is 0.270 e. The summed E-state index contributed by atoms with van der Waals surface area (Å²) < 4.78 is 0. The number of nitrogens with zero attached hydrogens (tertiary/aromatic N) is 2. The summed E-state index contributed by atoms with van der Waals surface area (Å²) in [4.78, 5) is 23.7. The molecule has 1 aromatic rings. The number of hydrogen-bond donors (Lipinski definition) is 1. The zero-order chi connectivity index (χ0) is 13.7. The van der Waals surface area contributed by atoms with E-state index >= 15 is 0 Å². The molecule has 1 amide bonds. The number of carbonyl (C=O) groups is 1. The molecular weight excluding hydrogens is 258 g/mol. The van der Waals surface area contributed by atoms with Crippen LogP contribution >= 0.6 is 11.6 Å². The molecule has 18 heavy (non-hydrogen) atoms. The minimum Gasteiger partial charge on any atom is -0.351 e. The van der Waals surface area contributed by atoms with Crippen molar-refractivity contribution in [3.05, 3.63) is 38.9 Å².